The molecule has 0 aromatic heterocycles. The quantitative estimate of drug-likeness (QED) is 0.579. The molecule has 0 saturated carbocycles. The molecule has 2 heteroatoms. The van der Waals surface area contributed by atoms with Crippen LogP contribution in [0, 0.1) is 24.7 Å². The zero-order valence-corrected chi connectivity index (χ0v) is 10.4. The normalized spacial score (nSPS) is 12.1. The van der Waals surface area contributed by atoms with E-state index in [0.717, 1.165) is 0 Å². The van der Waals surface area contributed by atoms with Gasteiger partial charge < -0.3 is 0 Å². The molecule has 1 aliphatic carbocycles. The molecule has 0 atom stereocenters. The molecule has 0 bridgehead atoms. The summed E-state index contributed by atoms with van der Waals surface area (Å²) >= 11 is 0. The molecule has 0 saturated heterocycles. The fourth-order valence-electron chi connectivity index (χ4n) is 2.48. The Morgan fingerprint density at radius 2 is 1.15 bits per heavy atom. The summed E-state index contributed by atoms with van der Waals surface area (Å²) in [6.07, 6.45) is 10.8. The van der Waals surface area contributed by atoms with Gasteiger partial charge in [0.05, 0.1) is 0 Å². The third-order valence-corrected chi connectivity index (χ3v) is 3.38. The minimum atomic E-state index is -0.281. The average molecular weight is 256 g/mol. The van der Waals surface area contributed by atoms with Gasteiger partial charge >= 0.3 is 0 Å². The zero-order valence-electron chi connectivity index (χ0n) is 10.4. The number of carbonyl (C=O) groups is 2. The molecule has 0 N–H and O–H groups in total. The smallest absolute Gasteiger partial charge is 0.197 e. The third kappa shape index (κ3) is 1.43. The van der Waals surface area contributed by atoms with Crippen LogP contribution in [0.15, 0.2) is 36.4 Å². The lowest BCUT2D eigenvalue weighted by molar-refractivity contribution is 0.0978. The summed E-state index contributed by atoms with van der Waals surface area (Å²) in [4.78, 5) is 25.2. The van der Waals surface area contributed by atoms with Gasteiger partial charge in [0.2, 0.25) is 0 Å². The van der Waals surface area contributed by atoms with E-state index in [2.05, 4.69) is 11.8 Å². The van der Waals surface area contributed by atoms with Crippen molar-refractivity contribution in [3.8, 4) is 24.7 Å². The maximum Gasteiger partial charge on any atom is 0.197 e. The molecular weight excluding hydrogens is 248 g/mol. The Hall–Kier alpha value is -3.10. The maximum atomic E-state index is 12.7. The number of benzene rings is 2. The molecule has 0 spiro atoms. The van der Waals surface area contributed by atoms with E-state index in [-0.39, 0.29) is 22.7 Å². The largest absolute Gasteiger partial charge is 0.289 e. The van der Waals surface area contributed by atoms with Crippen molar-refractivity contribution >= 4 is 11.6 Å². The van der Waals surface area contributed by atoms with E-state index in [1.54, 1.807) is 36.4 Å². The van der Waals surface area contributed by atoms with Crippen molar-refractivity contribution in [2.75, 3.05) is 0 Å². The number of hydrogen-bond donors (Lipinski definition) is 0. The van der Waals surface area contributed by atoms with E-state index >= 15 is 0 Å². The Labute approximate surface area is 116 Å². The molecule has 1 aliphatic rings. The number of rotatable bonds is 0. The molecule has 2 aromatic carbocycles. The van der Waals surface area contributed by atoms with Gasteiger partial charge in [-0.2, -0.15) is 0 Å². The van der Waals surface area contributed by atoms with Crippen LogP contribution in [-0.2, 0) is 0 Å². The number of carbonyl (C=O) groups excluding carboxylic acids is 2. The van der Waals surface area contributed by atoms with Gasteiger partial charge in [-0.05, 0) is 12.1 Å². The molecule has 3 rings (SSSR count). The van der Waals surface area contributed by atoms with Crippen LogP contribution in [0.4, 0.5) is 0 Å². The highest BCUT2D eigenvalue weighted by molar-refractivity contribution is 6.29. The van der Waals surface area contributed by atoms with E-state index in [9.17, 15) is 9.59 Å². The highest BCUT2D eigenvalue weighted by Gasteiger charge is 2.32. The predicted octanol–water partition coefficient (Wildman–Crippen LogP) is 2.42. The minimum absolute atomic E-state index is 0.219. The van der Waals surface area contributed by atoms with Crippen molar-refractivity contribution in [1.29, 1.82) is 0 Å². The fraction of sp³-hybridized carbons (Fsp3) is 0. The van der Waals surface area contributed by atoms with Crippen LogP contribution in [0.25, 0.3) is 0 Å². The summed E-state index contributed by atoms with van der Waals surface area (Å²) in [6.45, 7) is 0. The molecule has 0 fully saturated rings. The van der Waals surface area contributed by atoms with Crippen LogP contribution in [0.1, 0.15) is 43.0 Å². The fourth-order valence-corrected chi connectivity index (χ4v) is 2.48. The lowest BCUT2D eigenvalue weighted by Gasteiger charge is -2.19. The first-order valence-corrected chi connectivity index (χ1v) is 5.97. The second-order valence-corrected chi connectivity index (χ2v) is 4.40. The van der Waals surface area contributed by atoms with Gasteiger partial charge in [-0.1, -0.05) is 36.1 Å². The van der Waals surface area contributed by atoms with E-state index in [4.69, 9.17) is 12.8 Å². The Bertz CT molecular complexity index is 788. The van der Waals surface area contributed by atoms with Crippen molar-refractivity contribution in [3.05, 3.63) is 69.8 Å². The predicted molar refractivity (Wildman–Crippen MR) is 75.6 cm³/mol. The van der Waals surface area contributed by atoms with E-state index in [1.807, 2.05) is 0 Å². The Kier molecular flexibility index (Phi) is 2.53. The van der Waals surface area contributed by atoms with Crippen LogP contribution in [0.3, 0.4) is 0 Å². The summed E-state index contributed by atoms with van der Waals surface area (Å²) < 4.78 is 0. The summed E-state index contributed by atoms with van der Waals surface area (Å²) in [5.74, 6) is 4.40. The molecule has 2 nitrogen and oxygen atoms in total. The Balaban J connectivity index is 2.42. The van der Waals surface area contributed by atoms with Crippen LogP contribution in [0.5, 0.6) is 0 Å². The second kappa shape index (κ2) is 4.23. The molecule has 0 heterocycles. The van der Waals surface area contributed by atoms with Crippen molar-refractivity contribution < 1.29 is 9.59 Å². The van der Waals surface area contributed by atoms with Gasteiger partial charge in [-0.25, -0.2) is 0 Å². The molecule has 0 radical (unpaired) electrons. The molecular formula is C18H8O2. The van der Waals surface area contributed by atoms with Crippen LogP contribution in [-0.4, -0.2) is 11.6 Å². The first-order chi connectivity index (χ1) is 9.69. The average Bonchev–Trinajstić information content (AvgIpc) is 2.50. The number of ketones is 2. The van der Waals surface area contributed by atoms with Gasteiger partial charge in [-0.3, -0.25) is 9.59 Å². The first-order valence-electron chi connectivity index (χ1n) is 5.97. The minimum Gasteiger partial charge on any atom is -0.289 e. The van der Waals surface area contributed by atoms with Gasteiger partial charge in [0.15, 0.2) is 11.6 Å². The van der Waals surface area contributed by atoms with Crippen molar-refractivity contribution in [2.24, 2.45) is 0 Å². The molecule has 2 aromatic rings. The molecule has 0 amide bonds. The van der Waals surface area contributed by atoms with Gasteiger partial charge in [0.1, 0.15) is 0 Å². The highest BCUT2D eigenvalue weighted by Crippen LogP contribution is 2.30. The van der Waals surface area contributed by atoms with Crippen LogP contribution in [0.2, 0.25) is 0 Å². The lowest BCUT2D eigenvalue weighted by Crippen LogP contribution is -2.23. The van der Waals surface area contributed by atoms with E-state index < -0.39 is 0 Å². The van der Waals surface area contributed by atoms with E-state index in [1.165, 1.54) is 0 Å². The highest BCUT2D eigenvalue weighted by atomic mass is 16.1. The zero-order chi connectivity index (χ0) is 14.3. The van der Waals surface area contributed by atoms with Crippen molar-refractivity contribution in [1.82, 2.24) is 0 Å². The van der Waals surface area contributed by atoms with Crippen LogP contribution >= 0.6 is 0 Å². The van der Waals surface area contributed by atoms with Crippen molar-refractivity contribution in [2.45, 2.75) is 0 Å². The number of terminal acetylenes is 2. The monoisotopic (exact) mass is 256 g/mol. The number of fused-ring (bicyclic) bond motifs is 2. The van der Waals surface area contributed by atoms with Crippen molar-refractivity contribution in [3.63, 3.8) is 0 Å². The maximum absolute atomic E-state index is 12.7. The SMILES string of the molecule is C#Cc1cccc2c1C(=O)c1c(C#C)cccc1C2=O. The summed E-state index contributed by atoms with van der Waals surface area (Å²) in [5.41, 5.74) is 2.06. The molecule has 92 valence electrons. The van der Waals surface area contributed by atoms with Crippen LogP contribution < -0.4 is 0 Å². The molecule has 20 heavy (non-hydrogen) atoms. The van der Waals surface area contributed by atoms with Gasteiger partial charge in [0, 0.05) is 33.4 Å². The topological polar surface area (TPSA) is 34.1 Å². The summed E-state index contributed by atoms with van der Waals surface area (Å²) in [6, 6.07) is 9.87. The molecule has 0 aliphatic heterocycles. The lowest BCUT2D eigenvalue weighted by atomic mass is 9.80. The van der Waals surface area contributed by atoms with Gasteiger partial charge in [-0.15, -0.1) is 12.8 Å². The van der Waals surface area contributed by atoms with Gasteiger partial charge in [0.25, 0.3) is 0 Å². The first kappa shape index (κ1) is 12.0. The standard InChI is InChI=1S/C18H8O2/c1-3-11-7-5-9-13-15(11)18(20)16-12(4-2)8-6-10-14(16)17(13)19/h1-2,5-10H. The Morgan fingerprint density at radius 1 is 0.700 bits per heavy atom. The number of hydrogen-bond acceptors (Lipinski definition) is 2. The van der Waals surface area contributed by atoms with E-state index in [0.29, 0.717) is 22.3 Å². The summed E-state index contributed by atoms with van der Waals surface area (Å²) in [5, 5.41) is 0. The Morgan fingerprint density at radius 3 is 1.55 bits per heavy atom. The second-order valence-electron chi connectivity index (χ2n) is 4.40. The third-order valence-electron chi connectivity index (χ3n) is 3.38. The molecule has 0 unspecified atom stereocenters. The summed E-state index contributed by atoms with van der Waals surface area (Å²) in [7, 11) is 0.